The SMILES string of the molecule is CCOC(=O)c1cnc(C(=O)ON2C(=O)c3ccccc3C2=O)c(Cl)c1. The van der Waals surface area contributed by atoms with E-state index in [-0.39, 0.29) is 34.0 Å². The molecule has 2 heterocycles. The van der Waals surface area contributed by atoms with E-state index in [4.69, 9.17) is 21.2 Å². The molecule has 1 aliphatic rings. The molecule has 0 N–H and O–H groups in total. The van der Waals surface area contributed by atoms with Gasteiger partial charge < -0.3 is 9.57 Å². The van der Waals surface area contributed by atoms with Gasteiger partial charge in [0.2, 0.25) is 0 Å². The number of carbonyl (C=O) groups excluding carboxylic acids is 4. The van der Waals surface area contributed by atoms with Gasteiger partial charge in [-0.2, -0.15) is 0 Å². The molecule has 0 aliphatic carbocycles. The molecule has 0 saturated heterocycles. The first-order valence-electron chi connectivity index (χ1n) is 7.46. The van der Waals surface area contributed by atoms with Crippen molar-refractivity contribution in [2.24, 2.45) is 0 Å². The maximum Gasteiger partial charge on any atom is 0.383 e. The second-order valence-corrected chi connectivity index (χ2v) is 5.51. The molecule has 0 bridgehead atoms. The summed E-state index contributed by atoms with van der Waals surface area (Å²) in [7, 11) is 0. The lowest BCUT2D eigenvalue weighted by Crippen LogP contribution is -2.33. The minimum Gasteiger partial charge on any atom is -0.462 e. The molecule has 0 radical (unpaired) electrons. The van der Waals surface area contributed by atoms with Crippen LogP contribution in [0.5, 0.6) is 0 Å². The zero-order valence-electron chi connectivity index (χ0n) is 13.4. The van der Waals surface area contributed by atoms with Crippen LogP contribution in [-0.4, -0.2) is 40.4 Å². The summed E-state index contributed by atoms with van der Waals surface area (Å²) in [4.78, 5) is 56.9. The maximum atomic E-state index is 12.2. The fraction of sp³-hybridized carbons (Fsp3) is 0.118. The Kier molecular flexibility index (Phi) is 4.68. The van der Waals surface area contributed by atoms with E-state index in [0.29, 0.717) is 5.06 Å². The van der Waals surface area contributed by atoms with Crippen molar-refractivity contribution in [3.63, 3.8) is 0 Å². The molecule has 0 saturated carbocycles. The largest absolute Gasteiger partial charge is 0.462 e. The Labute approximate surface area is 152 Å². The molecule has 0 spiro atoms. The van der Waals surface area contributed by atoms with E-state index in [0.717, 1.165) is 6.20 Å². The molecule has 1 aromatic heterocycles. The quantitative estimate of drug-likeness (QED) is 0.597. The number of imide groups is 1. The number of aromatic nitrogens is 1. The van der Waals surface area contributed by atoms with Gasteiger partial charge in [0.25, 0.3) is 11.8 Å². The van der Waals surface area contributed by atoms with Gasteiger partial charge in [-0.05, 0) is 25.1 Å². The van der Waals surface area contributed by atoms with Crippen LogP contribution in [0, 0.1) is 0 Å². The summed E-state index contributed by atoms with van der Waals surface area (Å²) in [6.07, 6.45) is 1.09. The Morgan fingerprint density at radius 2 is 1.73 bits per heavy atom. The number of fused-ring (bicyclic) bond motifs is 1. The molecule has 8 nitrogen and oxygen atoms in total. The lowest BCUT2D eigenvalue weighted by atomic mass is 10.1. The molecule has 2 amide bonds. The highest BCUT2D eigenvalue weighted by Gasteiger charge is 2.39. The van der Waals surface area contributed by atoms with E-state index in [1.165, 1.54) is 18.2 Å². The van der Waals surface area contributed by atoms with Gasteiger partial charge in [0.05, 0.1) is 28.3 Å². The van der Waals surface area contributed by atoms with E-state index in [2.05, 4.69) is 4.98 Å². The molecule has 1 aromatic carbocycles. The number of hydrogen-bond donors (Lipinski definition) is 0. The number of rotatable bonds is 4. The van der Waals surface area contributed by atoms with Crippen molar-refractivity contribution in [2.45, 2.75) is 6.92 Å². The predicted molar refractivity (Wildman–Crippen MR) is 87.6 cm³/mol. The van der Waals surface area contributed by atoms with Crippen molar-refractivity contribution in [1.29, 1.82) is 0 Å². The van der Waals surface area contributed by atoms with Crippen molar-refractivity contribution in [1.82, 2.24) is 10.0 Å². The van der Waals surface area contributed by atoms with Crippen LogP contribution in [0.1, 0.15) is 48.5 Å². The molecule has 26 heavy (non-hydrogen) atoms. The fourth-order valence-corrected chi connectivity index (χ4v) is 2.53. The highest BCUT2D eigenvalue weighted by Crippen LogP contribution is 2.24. The third-order valence-corrected chi connectivity index (χ3v) is 3.76. The fourth-order valence-electron chi connectivity index (χ4n) is 2.29. The first-order valence-corrected chi connectivity index (χ1v) is 7.84. The van der Waals surface area contributed by atoms with Crippen LogP contribution in [0.15, 0.2) is 36.5 Å². The number of carbonyl (C=O) groups is 4. The zero-order chi connectivity index (χ0) is 18.8. The Balaban J connectivity index is 1.80. The van der Waals surface area contributed by atoms with Gasteiger partial charge in [0.1, 0.15) is 0 Å². The van der Waals surface area contributed by atoms with Gasteiger partial charge in [-0.1, -0.05) is 28.8 Å². The summed E-state index contributed by atoms with van der Waals surface area (Å²) in [6.45, 7) is 1.81. The van der Waals surface area contributed by atoms with Crippen LogP contribution in [-0.2, 0) is 9.57 Å². The summed E-state index contributed by atoms with van der Waals surface area (Å²) < 4.78 is 4.80. The maximum absolute atomic E-state index is 12.2. The Morgan fingerprint density at radius 1 is 1.12 bits per heavy atom. The number of nitrogens with zero attached hydrogens (tertiary/aromatic N) is 2. The Morgan fingerprint density at radius 3 is 2.27 bits per heavy atom. The number of esters is 1. The van der Waals surface area contributed by atoms with Crippen molar-refractivity contribution >= 4 is 35.4 Å². The van der Waals surface area contributed by atoms with E-state index in [1.807, 2.05) is 0 Å². The van der Waals surface area contributed by atoms with Crippen LogP contribution in [0.2, 0.25) is 5.02 Å². The molecule has 0 atom stereocenters. The molecule has 132 valence electrons. The predicted octanol–water partition coefficient (Wildman–Crippen LogP) is 2.28. The van der Waals surface area contributed by atoms with E-state index in [9.17, 15) is 19.2 Å². The zero-order valence-corrected chi connectivity index (χ0v) is 14.1. The van der Waals surface area contributed by atoms with Gasteiger partial charge >= 0.3 is 11.9 Å². The number of halogens is 1. The highest BCUT2D eigenvalue weighted by molar-refractivity contribution is 6.33. The molecular weight excluding hydrogens is 364 g/mol. The van der Waals surface area contributed by atoms with Gasteiger partial charge in [-0.25, -0.2) is 14.6 Å². The standard InChI is InChI=1S/C17H11ClN2O6/c1-2-25-16(23)9-7-12(18)13(19-8-9)17(24)26-20-14(21)10-5-3-4-6-11(10)15(20)22/h3-8H,2H2,1H3. The molecule has 0 unspecified atom stereocenters. The summed E-state index contributed by atoms with van der Waals surface area (Å²) in [5.74, 6) is -3.29. The second-order valence-electron chi connectivity index (χ2n) is 5.10. The molecule has 2 aromatic rings. The van der Waals surface area contributed by atoms with Gasteiger partial charge in [-0.15, -0.1) is 0 Å². The first kappa shape index (κ1) is 17.6. The summed E-state index contributed by atoms with van der Waals surface area (Å²) >= 11 is 5.96. The van der Waals surface area contributed by atoms with Crippen LogP contribution in [0.25, 0.3) is 0 Å². The highest BCUT2D eigenvalue weighted by atomic mass is 35.5. The molecule has 9 heteroatoms. The van der Waals surface area contributed by atoms with Gasteiger partial charge in [0, 0.05) is 6.20 Å². The Hall–Kier alpha value is -3.26. The van der Waals surface area contributed by atoms with Crippen LogP contribution in [0.3, 0.4) is 0 Å². The van der Waals surface area contributed by atoms with Crippen molar-refractivity contribution < 1.29 is 28.8 Å². The molecule has 1 aliphatic heterocycles. The third-order valence-electron chi connectivity index (χ3n) is 3.48. The van der Waals surface area contributed by atoms with E-state index >= 15 is 0 Å². The minimum atomic E-state index is -1.11. The topological polar surface area (TPSA) is 103 Å². The van der Waals surface area contributed by atoms with Gasteiger partial charge in [0.15, 0.2) is 5.69 Å². The van der Waals surface area contributed by atoms with Crippen LogP contribution in [0.4, 0.5) is 0 Å². The summed E-state index contributed by atoms with van der Waals surface area (Å²) in [5, 5.41) is 0.168. The molecular formula is C17H11ClN2O6. The van der Waals surface area contributed by atoms with E-state index in [1.54, 1.807) is 19.1 Å². The smallest absolute Gasteiger partial charge is 0.383 e. The lowest BCUT2D eigenvalue weighted by molar-refractivity contribution is -0.0588. The van der Waals surface area contributed by atoms with Gasteiger partial charge in [-0.3, -0.25) is 9.59 Å². The average molecular weight is 375 g/mol. The number of benzene rings is 1. The van der Waals surface area contributed by atoms with Crippen molar-refractivity contribution in [2.75, 3.05) is 6.61 Å². The normalized spacial score (nSPS) is 12.8. The monoisotopic (exact) mass is 374 g/mol. The van der Waals surface area contributed by atoms with Crippen molar-refractivity contribution in [3.05, 3.63) is 63.9 Å². The minimum absolute atomic E-state index is 0.0501. The second kappa shape index (κ2) is 6.93. The Bertz CT molecular complexity index is 908. The lowest BCUT2D eigenvalue weighted by Gasteiger charge is -2.13. The average Bonchev–Trinajstić information content (AvgIpc) is 2.87. The number of amides is 2. The number of hydrogen-bond acceptors (Lipinski definition) is 7. The first-order chi connectivity index (χ1) is 12.4. The van der Waals surface area contributed by atoms with Crippen molar-refractivity contribution in [3.8, 4) is 0 Å². The molecule has 3 rings (SSSR count). The number of ether oxygens (including phenoxy) is 1. The van der Waals surface area contributed by atoms with Crippen LogP contribution >= 0.6 is 11.6 Å². The molecule has 0 fully saturated rings. The number of pyridine rings is 1. The van der Waals surface area contributed by atoms with E-state index < -0.39 is 23.8 Å². The summed E-state index contributed by atoms with van der Waals surface area (Å²) in [6, 6.07) is 7.25. The summed E-state index contributed by atoms with van der Waals surface area (Å²) in [5.41, 5.74) is -0.0468. The number of hydroxylamine groups is 2. The third kappa shape index (κ3) is 3.02. The van der Waals surface area contributed by atoms with Crippen LogP contribution < -0.4 is 0 Å².